The van der Waals surface area contributed by atoms with Gasteiger partial charge in [-0.3, -0.25) is 4.21 Å². The Bertz CT molecular complexity index is 2460. The van der Waals surface area contributed by atoms with Crippen LogP contribution >= 0.6 is 0 Å². The van der Waals surface area contributed by atoms with Crippen LogP contribution in [0.1, 0.15) is 0 Å². The first-order valence-corrected chi connectivity index (χ1v) is 17.2. The summed E-state index contributed by atoms with van der Waals surface area (Å²) in [6.45, 7) is 0. The number of benzene rings is 5. The zero-order valence-corrected chi connectivity index (χ0v) is 30.2. The van der Waals surface area contributed by atoms with Gasteiger partial charge in [0.2, 0.25) is 0 Å². The van der Waals surface area contributed by atoms with Crippen molar-refractivity contribution in [1.29, 1.82) is 0 Å². The summed E-state index contributed by atoms with van der Waals surface area (Å²) < 4.78 is 13.3. The number of rotatable bonds is 2. The molecule has 10 rings (SSSR count). The minimum atomic E-state index is -1.34. The summed E-state index contributed by atoms with van der Waals surface area (Å²) in [6, 6.07) is 55.2. The Balaban J connectivity index is 0.000000136. The molecule has 5 nitrogen and oxygen atoms in total. The second-order valence-electron chi connectivity index (χ2n) is 11.4. The Hall–Kier alpha value is -5.72. The normalized spacial score (nSPS) is 12.4. The van der Waals surface area contributed by atoms with Crippen molar-refractivity contribution in [2.45, 2.75) is 9.92 Å². The van der Waals surface area contributed by atoms with E-state index < -0.39 is 10.8 Å². The third kappa shape index (κ3) is 6.88. The average Bonchev–Trinajstić information content (AvgIpc) is 3.21. The van der Waals surface area contributed by atoms with Gasteiger partial charge in [-0.1, -0.05) is 72.4 Å². The number of fused-ring (bicyclic) bond motifs is 6. The molecule has 4 aromatic heterocycles. The van der Waals surface area contributed by atoms with Gasteiger partial charge in [0, 0.05) is 28.5 Å². The van der Waals surface area contributed by atoms with E-state index in [1.807, 2.05) is 109 Å². The van der Waals surface area contributed by atoms with Crippen LogP contribution in [-0.4, -0.2) is 24.1 Å². The molecule has 51 heavy (non-hydrogen) atoms. The first kappa shape index (κ1) is 33.8. The quantitative estimate of drug-likeness (QED) is 0.128. The van der Waals surface area contributed by atoms with Gasteiger partial charge in [0.25, 0.3) is 0 Å². The van der Waals surface area contributed by atoms with E-state index in [1.54, 1.807) is 24.7 Å². The Labute approximate surface area is 311 Å². The maximum Gasteiger partial charge on any atom is 3.00 e. The van der Waals surface area contributed by atoms with Gasteiger partial charge in [0.15, 0.2) is 0 Å². The van der Waals surface area contributed by atoms with E-state index in [0.717, 1.165) is 65.6 Å². The Morgan fingerprint density at radius 2 is 1.16 bits per heavy atom. The van der Waals surface area contributed by atoms with Crippen molar-refractivity contribution in [2.24, 2.45) is 0 Å². The molecule has 0 spiro atoms. The van der Waals surface area contributed by atoms with E-state index in [0.29, 0.717) is 5.03 Å². The van der Waals surface area contributed by atoms with Crippen LogP contribution < -0.4 is 0 Å². The molecule has 1 aliphatic heterocycles. The molecule has 244 valence electrons. The van der Waals surface area contributed by atoms with Crippen molar-refractivity contribution in [2.75, 3.05) is 0 Å². The predicted octanol–water partition coefficient (Wildman–Crippen LogP) is 9.98. The van der Waals surface area contributed by atoms with Gasteiger partial charge < -0.3 is 19.9 Å². The van der Waals surface area contributed by atoms with E-state index in [-0.39, 0.29) is 20.1 Å². The standard InChI is InChI=1S/C22H11N2OS.2C11H8N.Ir/c25-26-19-12-18-14-5-2-1-4-13(14)7-8-15(18)16-9-11-23-21(20(16)19)17-6-3-10-24-22(17)26;2*1-2-6-10(7-3-1)11-8-4-5-9-12-11;/h1-5,7-12H;2*1-6,8-9H;/q3*-1;+3. The second-order valence-corrected chi connectivity index (χ2v) is 12.7. The molecule has 0 amide bonds. The molecular formula is C44H27IrN4OS. The largest absolute Gasteiger partial charge is 3.00 e. The average molecular weight is 852 g/mol. The molecule has 0 saturated carbocycles. The third-order valence-corrected chi connectivity index (χ3v) is 9.74. The van der Waals surface area contributed by atoms with Gasteiger partial charge in [0.1, 0.15) is 0 Å². The van der Waals surface area contributed by atoms with Crippen LogP contribution in [0.15, 0.2) is 174 Å². The summed E-state index contributed by atoms with van der Waals surface area (Å²) >= 11 is 0. The maximum atomic E-state index is 13.3. The molecule has 0 N–H and O–H groups in total. The number of pyridine rings is 4. The van der Waals surface area contributed by atoms with Crippen molar-refractivity contribution in [1.82, 2.24) is 19.9 Å². The summed E-state index contributed by atoms with van der Waals surface area (Å²) in [5, 5.41) is 7.16. The van der Waals surface area contributed by atoms with Gasteiger partial charge in [-0.2, -0.15) is 0 Å². The molecule has 1 unspecified atom stereocenters. The van der Waals surface area contributed by atoms with Crippen molar-refractivity contribution >= 4 is 43.1 Å². The Morgan fingerprint density at radius 3 is 1.80 bits per heavy atom. The molecule has 0 radical (unpaired) electrons. The smallest absolute Gasteiger partial charge is 0.343 e. The van der Waals surface area contributed by atoms with Gasteiger partial charge in [-0.05, 0) is 73.7 Å². The molecule has 0 aliphatic carbocycles. The molecular weight excluding hydrogens is 825 g/mol. The fourth-order valence-electron chi connectivity index (χ4n) is 6.08. The van der Waals surface area contributed by atoms with E-state index in [2.05, 4.69) is 68.5 Å². The number of aromatic nitrogens is 4. The summed E-state index contributed by atoms with van der Waals surface area (Å²) in [7, 11) is -1.34. The van der Waals surface area contributed by atoms with Crippen LogP contribution in [0.25, 0.3) is 66.1 Å². The van der Waals surface area contributed by atoms with Crippen LogP contribution in [0.2, 0.25) is 0 Å². The topological polar surface area (TPSA) is 68.6 Å². The fraction of sp³-hybridized carbons (Fsp3) is 0. The number of hydrogen-bond donors (Lipinski definition) is 0. The molecule has 0 saturated heterocycles. The van der Waals surface area contributed by atoms with Gasteiger partial charge in [-0.25, -0.2) is 0 Å². The number of hydrogen-bond acceptors (Lipinski definition) is 5. The van der Waals surface area contributed by atoms with Crippen molar-refractivity contribution < 1.29 is 24.3 Å². The van der Waals surface area contributed by atoms with Crippen LogP contribution in [0, 0.1) is 18.2 Å². The molecule has 9 aromatic rings. The summed E-state index contributed by atoms with van der Waals surface area (Å²) in [5.74, 6) is 0. The molecule has 0 fully saturated rings. The monoisotopic (exact) mass is 852 g/mol. The van der Waals surface area contributed by atoms with Crippen molar-refractivity contribution in [3.63, 3.8) is 0 Å². The van der Waals surface area contributed by atoms with Gasteiger partial charge >= 0.3 is 20.1 Å². The molecule has 5 heterocycles. The summed E-state index contributed by atoms with van der Waals surface area (Å²) in [4.78, 5) is 18.2. The number of nitrogens with zero attached hydrogens (tertiary/aromatic N) is 4. The third-order valence-electron chi connectivity index (χ3n) is 8.35. The Kier molecular flexibility index (Phi) is 10.2. The van der Waals surface area contributed by atoms with E-state index >= 15 is 0 Å². The van der Waals surface area contributed by atoms with Crippen LogP contribution in [0.4, 0.5) is 0 Å². The van der Waals surface area contributed by atoms with Crippen LogP contribution in [0.3, 0.4) is 0 Å². The molecule has 0 bridgehead atoms. The van der Waals surface area contributed by atoms with Gasteiger partial charge in [0.05, 0.1) is 10.8 Å². The minimum Gasteiger partial charge on any atom is -0.343 e. The second kappa shape index (κ2) is 15.4. The van der Waals surface area contributed by atoms with E-state index in [4.69, 9.17) is 0 Å². The molecule has 7 heteroatoms. The predicted molar refractivity (Wildman–Crippen MR) is 201 cm³/mol. The Morgan fingerprint density at radius 1 is 0.490 bits per heavy atom. The molecule has 1 atom stereocenters. The summed E-state index contributed by atoms with van der Waals surface area (Å²) in [5.41, 5.74) is 5.58. The zero-order valence-electron chi connectivity index (χ0n) is 27.0. The molecule has 1 aliphatic rings. The summed E-state index contributed by atoms with van der Waals surface area (Å²) in [6.07, 6.45) is 7.03. The maximum absolute atomic E-state index is 13.3. The van der Waals surface area contributed by atoms with Crippen LogP contribution in [-0.2, 0) is 30.9 Å². The minimum absolute atomic E-state index is 0. The fourth-order valence-corrected chi connectivity index (χ4v) is 7.40. The van der Waals surface area contributed by atoms with Crippen molar-refractivity contribution in [3.05, 3.63) is 183 Å². The van der Waals surface area contributed by atoms with Crippen LogP contribution in [0.5, 0.6) is 0 Å². The first-order chi connectivity index (χ1) is 24.8. The SMILES string of the molecule is O=S1c2ncc[c-]c2-c2nccc3c2c1cc1c2ccccc2ccc31.[Ir+3].[c-]1ccccc1-c1ccccn1.[c-]1ccccc1-c1ccccn1. The van der Waals surface area contributed by atoms with E-state index in [1.165, 1.54) is 5.39 Å². The van der Waals surface area contributed by atoms with Crippen molar-refractivity contribution in [3.8, 4) is 33.8 Å². The first-order valence-electron chi connectivity index (χ1n) is 16.0. The van der Waals surface area contributed by atoms with E-state index in [9.17, 15) is 4.21 Å². The molecule has 5 aromatic carbocycles. The van der Waals surface area contributed by atoms with Gasteiger partial charge in [-0.15, -0.1) is 83.9 Å². The zero-order chi connectivity index (χ0) is 33.7.